The van der Waals surface area contributed by atoms with Crippen LogP contribution in [0.3, 0.4) is 0 Å². The summed E-state index contributed by atoms with van der Waals surface area (Å²) in [5.74, 6) is -0.154. The predicted molar refractivity (Wildman–Crippen MR) is 103 cm³/mol. The zero-order chi connectivity index (χ0) is 18.0. The minimum Gasteiger partial charge on any atom is -0.348 e. The number of amides is 1. The summed E-state index contributed by atoms with van der Waals surface area (Å²) in [6, 6.07) is 15.3. The first kappa shape index (κ1) is 17.7. The molecule has 1 heterocycles. The molecule has 1 amide bonds. The molecular formula is C19H17BrClN3O. The second-order valence-corrected chi connectivity index (χ2v) is 7.03. The van der Waals surface area contributed by atoms with Crippen molar-refractivity contribution in [2.45, 2.75) is 20.4 Å². The zero-order valence-corrected chi connectivity index (χ0v) is 16.2. The van der Waals surface area contributed by atoms with E-state index in [-0.39, 0.29) is 5.91 Å². The average molecular weight is 419 g/mol. The van der Waals surface area contributed by atoms with E-state index in [4.69, 9.17) is 11.6 Å². The normalized spacial score (nSPS) is 10.7. The molecule has 0 atom stereocenters. The van der Waals surface area contributed by atoms with Crippen molar-refractivity contribution < 1.29 is 4.79 Å². The lowest BCUT2D eigenvalue weighted by molar-refractivity contribution is 0.0949. The van der Waals surface area contributed by atoms with E-state index >= 15 is 0 Å². The lowest BCUT2D eigenvalue weighted by atomic mass is 10.1. The number of hydrogen-bond acceptors (Lipinski definition) is 2. The number of benzene rings is 2. The molecule has 6 heteroatoms. The summed E-state index contributed by atoms with van der Waals surface area (Å²) in [5, 5.41) is 8.09. The van der Waals surface area contributed by atoms with Crippen LogP contribution in [0.4, 0.5) is 0 Å². The van der Waals surface area contributed by atoms with E-state index in [1.54, 1.807) is 4.68 Å². The molecule has 1 N–H and O–H groups in total. The number of nitrogens with one attached hydrogen (secondary N) is 1. The summed E-state index contributed by atoms with van der Waals surface area (Å²) in [5.41, 5.74) is 3.88. The standard InChI is InChI=1S/C19H17BrClN3O/c1-12-18(19(25)22-11-14-5-3-4-6-17(14)21)13(2)24(23-12)16-9-7-15(20)8-10-16/h3-10H,11H2,1-2H3,(H,22,25). The summed E-state index contributed by atoms with van der Waals surface area (Å²) < 4.78 is 2.78. The number of aryl methyl sites for hydroxylation is 1. The number of rotatable bonds is 4. The molecular weight excluding hydrogens is 402 g/mol. The van der Waals surface area contributed by atoms with Crippen molar-refractivity contribution in [1.82, 2.24) is 15.1 Å². The fourth-order valence-corrected chi connectivity index (χ4v) is 3.18. The van der Waals surface area contributed by atoms with Gasteiger partial charge in [-0.2, -0.15) is 5.10 Å². The second-order valence-electron chi connectivity index (χ2n) is 5.71. The first-order valence-corrected chi connectivity index (χ1v) is 8.98. The predicted octanol–water partition coefficient (Wildman–Crippen LogP) is 4.84. The van der Waals surface area contributed by atoms with Gasteiger partial charge in [0.15, 0.2) is 0 Å². The topological polar surface area (TPSA) is 46.9 Å². The van der Waals surface area contributed by atoms with E-state index in [2.05, 4.69) is 26.3 Å². The first-order chi connectivity index (χ1) is 12.0. The second kappa shape index (κ2) is 7.42. The maximum Gasteiger partial charge on any atom is 0.255 e. The van der Waals surface area contributed by atoms with Gasteiger partial charge < -0.3 is 5.32 Å². The molecule has 0 aliphatic carbocycles. The van der Waals surface area contributed by atoms with Crippen molar-refractivity contribution >= 4 is 33.4 Å². The third-order valence-corrected chi connectivity index (χ3v) is 4.88. The molecule has 3 rings (SSSR count). The van der Waals surface area contributed by atoms with Crippen molar-refractivity contribution in [3.05, 3.63) is 80.5 Å². The van der Waals surface area contributed by atoms with E-state index in [9.17, 15) is 4.79 Å². The average Bonchev–Trinajstić information content (AvgIpc) is 2.89. The Morgan fingerprint density at radius 2 is 1.84 bits per heavy atom. The maximum atomic E-state index is 12.7. The van der Waals surface area contributed by atoms with Gasteiger partial charge in [0.1, 0.15) is 0 Å². The highest BCUT2D eigenvalue weighted by Crippen LogP contribution is 2.20. The Labute approximate surface area is 159 Å². The number of carbonyl (C=O) groups is 1. The smallest absolute Gasteiger partial charge is 0.255 e. The van der Waals surface area contributed by atoms with Crippen LogP contribution in [0.15, 0.2) is 53.0 Å². The van der Waals surface area contributed by atoms with Gasteiger partial charge >= 0.3 is 0 Å². The van der Waals surface area contributed by atoms with Gasteiger partial charge in [-0.25, -0.2) is 4.68 Å². The Morgan fingerprint density at radius 1 is 1.16 bits per heavy atom. The molecule has 0 unspecified atom stereocenters. The molecule has 3 aromatic rings. The Hall–Kier alpha value is -2.11. The number of aromatic nitrogens is 2. The molecule has 128 valence electrons. The fraction of sp³-hybridized carbons (Fsp3) is 0.158. The molecule has 0 aliphatic heterocycles. The van der Waals surface area contributed by atoms with Gasteiger partial charge in [-0.15, -0.1) is 0 Å². The molecule has 0 saturated heterocycles. The van der Waals surface area contributed by atoms with Crippen molar-refractivity contribution in [3.8, 4) is 5.69 Å². The Kier molecular flexibility index (Phi) is 5.25. The van der Waals surface area contributed by atoms with Crippen LogP contribution in [-0.4, -0.2) is 15.7 Å². The highest BCUT2D eigenvalue weighted by molar-refractivity contribution is 9.10. The number of nitrogens with zero attached hydrogens (tertiary/aromatic N) is 2. The molecule has 1 aromatic heterocycles. The van der Waals surface area contributed by atoms with Crippen LogP contribution < -0.4 is 5.32 Å². The summed E-state index contributed by atoms with van der Waals surface area (Å²) in [7, 11) is 0. The number of carbonyl (C=O) groups excluding carboxylic acids is 1. The van der Waals surface area contributed by atoms with Crippen LogP contribution in [0.1, 0.15) is 27.3 Å². The Morgan fingerprint density at radius 3 is 2.52 bits per heavy atom. The van der Waals surface area contributed by atoms with Gasteiger partial charge in [0.25, 0.3) is 5.91 Å². The fourth-order valence-electron chi connectivity index (χ4n) is 2.71. The van der Waals surface area contributed by atoms with Gasteiger partial charge in [0, 0.05) is 16.0 Å². The molecule has 0 saturated carbocycles. The van der Waals surface area contributed by atoms with E-state index in [1.807, 2.05) is 62.4 Å². The van der Waals surface area contributed by atoms with Crippen molar-refractivity contribution in [2.75, 3.05) is 0 Å². The van der Waals surface area contributed by atoms with E-state index in [0.717, 1.165) is 21.4 Å². The molecule has 4 nitrogen and oxygen atoms in total. The number of halogens is 2. The molecule has 0 bridgehead atoms. The molecule has 25 heavy (non-hydrogen) atoms. The summed E-state index contributed by atoms with van der Waals surface area (Å²) in [6.45, 7) is 4.11. The van der Waals surface area contributed by atoms with Crippen molar-refractivity contribution in [1.29, 1.82) is 0 Å². The lowest BCUT2D eigenvalue weighted by Crippen LogP contribution is -2.24. The zero-order valence-electron chi connectivity index (χ0n) is 13.9. The molecule has 0 fully saturated rings. The lowest BCUT2D eigenvalue weighted by Gasteiger charge is -2.08. The van der Waals surface area contributed by atoms with E-state index < -0.39 is 0 Å². The van der Waals surface area contributed by atoms with Crippen LogP contribution in [0.25, 0.3) is 5.69 Å². The van der Waals surface area contributed by atoms with E-state index in [1.165, 1.54) is 0 Å². The summed E-state index contributed by atoms with van der Waals surface area (Å²) >= 11 is 9.56. The van der Waals surface area contributed by atoms with Gasteiger partial charge in [0.2, 0.25) is 0 Å². The van der Waals surface area contributed by atoms with Crippen LogP contribution in [-0.2, 0) is 6.54 Å². The molecule has 0 radical (unpaired) electrons. The Bertz CT molecular complexity index is 919. The van der Waals surface area contributed by atoms with Gasteiger partial charge in [-0.3, -0.25) is 4.79 Å². The minimum absolute atomic E-state index is 0.154. The summed E-state index contributed by atoms with van der Waals surface area (Å²) in [6.07, 6.45) is 0. The minimum atomic E-state index is -0.154. The van der Waals surface area contributed by atoms with Crippen LogP contribution in [0.2, 0.25) is 5.02 Å². The van der Waals surface area contributed by atoms with Crippen LogP contribution >= 0.6 is 27.5 Å². The monoisotopic (exact) mass is 417 g/mol. The molecule has 2 aromatic carbocycles. The number of hydrogen-bond donors (Lipinski definition) is 1. The molecule has 0 spiro atoms. The van der Waals surface area contributed by atoms with Crippen LogP contribution in [0.5, 0.6) is 0 Å². The largest absolute Gasteiger partial charge is 0.348 e. The SMILES string of the molecule is Cc1nn(-c2ccc(Br)cc2)c(C)c1C(=O)NCc1ccccc1Cl. The highest BCUT2D eigenvalue weighted by Gasteiger charge is 2.19. The maximum absolute atomic E-state index is 12.7. The van der Waals surface area contributed by atoms with Gasteiger partial charge in [-0.05, 0) is 49.7 Å². The molecule has 0 aliphatic rings. The highest BCUT2D eigenvalue weighted by atomic mass is 79.9. The third kappa shape index (κ3) is 3.78. The van der Waals surface area contributed by atoms with E-state index in [0.29, 0.717) is 22.8 Å². The summed E-state index contributed by atoms with van der Waals surface area (Å²) in [4.78, 5) is 12.7. The van der Waals surface area contributed by atoms with Gasteiger partial charge in [0.05, 0.1) is 22.6 Å². The van der Waals surface area contributed by atoms with Crippen molar-refractivity contribution in [2.24, 2.45) is 0 Å². The van der Waals surface area contributed by atoms with Crippen LogP contribution in [0, 0.1) is 13.8 Å². The third-order valence-electron chi connectivity index (χ3n) is 3.99. The quantitative estimate of drug-likeness (QED) is 0.659. The first-order valence-electron chi connectivity index (χ1n) is 7.81. The van der Waals surface area contributed by atoms with Crippen molar-refractivity contribution in [3.63, 3.8) is 0 Å². The Balaban J connectivity index is 1.84. The van der Waals surface area contributed by atoms with Gasteiger partial charge in [-0.1, -0.05) is 45.7 Å².